The van der Waals surface area contributed by atoms with Crippen molar-refractivity contribution in [2.24, 2.45) is 0 Å². The summed E-state index contributed by atoms with van der Waals surface area (Å²) in [6, 6.07) is 7.16. The molecule has 0 unspecified atom stereocenters. The third-order valence-corrected chi connectivity index (χ3v) is 3.61. The maximum atomic E-state index is 9.20. The van der Waals surface area contributed by atoms with Crippen molar-refractivity contribution in [1.82, 2.24) is 4.98 Å². The average molecular weight is 339 g/mol. The molecule has 2 aromatic rings. The molecule has 0 aliphatic carbocycles. The van der Waals surface area contributed by atoms with Gasteiger partial charge in [0.25, 0.3) is 0 Å². The number of nitrogens with zero attached hydrogens (tertiary/aromatic N) is 1. The number of nitrogens with one attached hydrogen (secondary N) is 1. The topological polar surface area (TPSA) is 72.8 Å². The number of pyridine rings is 1. The fraction of sp³-hybridized carbons (Fsp3) is 0.312. The van der Waals surface area contributed by atoms with Crippen LogP contribution in [0.3, 0.4) is 0 Å². The molecule has 1 heterocycles. The second kappa shape index (κ2) is 7.89. The van der Waals surface area contributed by atoms with Crippen LogP contribution in [0.4, 0.5) is 5.82 Å². The van der Waals surface area contributed by atoms with Crippen LogP contribution in [-0.2, 0) is 13.2 Å². The highest BCUT2D eigenvalue weighted by Gasteiger charge is 2.13. The molecule has 7 heteroatoms. The first-order valence-electron chi connectivity index (χ1n) is 6.92. The lowest BCUT2D eigenvalue weighted by molar-refractivity contribution is 0.277. The first-order valence-corrected chi connectivity index (χ1v) is 7.29. The zero-order valence-electron chi connectivity index (χ0n) is 13.2. The maximum absolute atomic E-state index is 9.20. The Kier molecular flexibility index (Phi) is 5.90. The summed E-state index contributed by atoms with van der Waals surface area (Å²) in [6.45, 7) is 0.286. The minimum atomic E-state index is -0.210. The molecular formula is C16H19ClN2O4. The Hall–Kier alpha value is -2.18. The first kappa shape index (κ1) is 17.2. The van der Waals surface area contributed by atoms with Crippen LogP contribution in [0.2, 0.25) is 5.02 Å². The van der Waals surface area contributed by atoms with Crippen LogP contribution in [-0.4, -0.2) is 31.4 Å². The van der Waals surface area contributed by atoms with E-state index in [0.29, 0.717) is 40.3 Å². The number of halogens is 1. The molecule has 0 aliphatic rings. The maximum Gasteiger partial charge on any atom is 0.203 e. The van der Waals surface area contributed by atoms with Gasteiger partial charge in [-0.1, -0.05) is 11.6 Å². The monoisotopic (exact) mass is 338 g/mol. The van der Waals surface area contributed by atoms with Crippen LogP contribution in [0.5, 0.6) is 17.2 Å². The van der Waals surface area contributed by atoms with Crippen molar-refractivity contribution >= 4 is 17.4 Å². The number of aliphatic hydroxyl groups is 1. The van der Waals surface area contributed by atoms with Crippen LogP contribution in [0.15, 0.2) is 24.3 Å². The molecule has 0 bridgehead atoms. The van der Waals surface area contributed by atoms with E-state index >= 15 is 0 Å². The molecule has 0 atom stereocenters. The van der Waals surface area contributed by atoms with Gasteiger partial charge in [0.05, 0.1) is 38.7 Å². The minimum Gasteiger partial charge on any atom is -0.493 e. The summed E-state index contributed by atoms with van der Waals surface area (Å²) in [7, 11) is 4.71. The standard InChI is InChI=1S/C16H19ClN2O4/c1-21-13-6-10(7-14(22-2)16(13)23-3)8-18-15-5-4-11(17)12(9-20)19-15/h4-7,20H,8-9H2,1-3H3,(H,18,19). The molecule has 6 nitrogen and oxygen atoms in total. The van der Waals surface area contributed by atoms with Crippen molar-refractivity contribution in [2.45, 2.75) is 13.2 Å². The Bertz CT molecular complexity index is 654. The van der Waals surface area contributed by atoms with E-state index in [-0.39, 0.29) is 6.61 Å². The van der Waals surface area contributed by atoms with Gasteiger partial charge in [0, 0.05) is 6.54 Å². The van der Waals surface area contributed by atoms with Crippen molar-refractivity contribution in [3.8, 4) is 17.2 Å². The van der Waals surface area contributed by atoms with Crippen LogP contribution in [0.1, 0.15) is 11.3 Å². The third kappa shape index (κ3) is 3.97. The van der Waals surface area contributed by atoms with Gasteiger partial charge < -0.3 is 24.6 Å². The molecule has 0 saturated heterocycles. The molecule has 0 fully saturated rings. The van der Waals surface area contributed by atoms with Crippen molar-refractivity contribution in [3.05, 3.63) is 40.5 Å². The van der Waals surface area contributed by atoms with E-state index in [1.807, 2.05) is 12.1 Å². The van der Waals surface area contributed by atoms with Crippen LogP contribution in [0.25, 0.3) is 0 Å². The second-order valence-corrected chi connectivity index (χ2v) is 5.08. The van der Waals surface area contributed by atoms with E-state index in [4.69, 9.17) is 25.8 Å². The highest BCUT2D eigenvalue weighted by molar-refractivity contribution is 6.31. The molecule has 124 valence electrons. The lowest BCUT2D eigenvalue weighted by Crippen LogP contribution is -2.04. The van der Waals surface area contributed by atoms with Gasteiger partial charge >= 0.3 is 0 Å². The van der Waals surface area contributed by atoms with Crippen molar-refractivity contribution in [2.75, 3.05) is 26.6 Å². The van der Waals surface area contributed by atoms with E-state index in [1.165, 1.54) is 0 Å². The molecular weight excluding hydrogens is 320 g/mol. The summed E-state index contributed by atoms with van der Waals surface area (Å²) >= 11 is 5.93. The Balaban J connectivity index is 2.20. The number of ether oxygens (including phenoxy) is 3. The zero-order chi connectivity index (χ0) is 16.8. The van der Waals surface area contributed by atoms with Gasteiger partial charge in [-0.2, -0.15) is 0 Å². The summed E-state index contributed by atoms with van der Waals surface area (Å²) in [5.41, 5.74) is 1.36. The molecule has 1 aromatic carbocycles. The third-order valence-electron chi connectivity index (χ3n) is 3.27. The molecule has 0 aliphatic heterocycles. The number of hydrogen-bond acceptors (Lipinski definition) is 6. The van der Waals surface area contributed by atoms with Gasteiger partial charge in [-0.25, -0.2) is 4.98 Å². The fourth-order valence-corrected chi connectivity index (χ4v) is 2.29. The van der Waals surface area contributed by atoms with Gasteiger partial charge in [0.2, 0.25) is 5.75 Å². The average Bonchev–Trinajstić information content (AvgIpc) is 2.59. The largest absolute Gasteiger partial charge is 0.493 e. The number of hydrogen-bond donors (Lipinski definition) is 2. The van der Waals surface area contributed by atoms with Crippen molar-refractivity contribution in [1.29, 1.82) is 0 Å². The molecule has 23 heavy (non-hydrogen) atoms. The smallest absolute Gasteiger partial charge is 0.203 e. The summed E-state index contributed by atoms with van der Waals surface area (Å²) in [6.07, 6.45) is 0. The Morgan fingerprint density at radius 2 is 1.74 bits per heavy atom. The van der Waals surface area contributed by atoms with Crippen LogP contribution >= 0.6 is 11.6 Å². The summed E-state index contributed by atoms with van der Waals surface area (Å²) in [5, 5.41) is 12.8. The minimum absolute atomic E-state index is 0.210. The zero-order valence-corrected chi connectivity index (χ0v) is 14.0. The number of anilines is 1. The number of aromatic nitrogens is 1. The van der Waals surface area contributed by atoms with Gasteiger partial charge in [0.15, 0.2) is 11.5 Å². The first-order chi connectivity index (χ1) is 11.1. The van der Waals surface area contributed by atoms with Gasteiger partial charge in [-0.3, -0.25) is 0 Å². The molecule has 0 spiro atoms. The molecule has 0 saturated carbocycles. The van der Waals surface area contributed by atoms with Gasteiger partial charge in [0.1, 0.15) is 5.82 Å². The van der Waals surface area contributed by atoms with Gasteiger partial charge in [-0.05, 0) is 29.8 Å². The van der Waals surface area contributed by atoms with Crippen LogP contribution < -0.4 is 19.5 Å². The number of benzene rings is 1. The van der Waals surface area contributed by atoms with E-state index in [2.05, 4.69) is 10.3 Å². The van der Waals surface area contributed by atoms with E-state index in [1.54, 1.807) is 33.5 Å². The molecule has 2 rings (SSSR count). The molecule has 1 aromatic heterocycles. The Morgan fingerprint density at radius 1 is 1.09 bits per heavy atom. The van der Waals surface area contributed by atoms with E-state index < -0.39 is 0 Å². The van der Waals surface area contributed by atoms with Crippen molar-refractivity contribution < 1.29 is 19.3 Å². The molecule has 0 amide bonds. The predicted molar refractivity (Wildman–Crippen MR) is 88.6 cm³/mol. The summed E-state index contributed by atoms with van der Waals surface area (Å²) < 4.78 is 15.9. The lowest BCUT2D eigenvalue weighted by Gasteiger charge is -2.15. The SMILES string of the molecule is COc1cc(CNc2ccc(Cl)c(CO)n2)cc(OC)c1OC. The number of aliphatic hydroxyl groups excluding tert-OH is 1. The second-order valence-electron chi connectivity index (χ2n) is 4.67. The summed E-state index contributed by atoms with van der Waals surface area (Å²) in [5.74, 6) is 2.34. The van der Waals surface area contributed by atoms with E-state index in [0.717, 1.165) is 5.56 Å². The number of methoxy groups -OCH3 is 3. The summed E-state index contributed by atoms with van der Waals surface area (Å²) in [4.78, 5) is 4.24. The predicted octanol–water partition coefficient (Wildman–Crippen LogP) is 2.87. The highest BCUT2D eigenvalue weighted by Crippen LogP contribution is 2.38. The fourth-order valence-electron chi connectivity index (χ4n) is 2.12. The number of rotatable bonds is 7. The lowest BCUT2D eigenvalue weighted by atomic mass is 10.1. The molecule has 2 N–H and O–H groups in total. The highest BCUT2D eigenvalue weighted by atomic mass is 35.5. The van der Waals surface area contributed by atoms with Gasteiger partial charge in [-0.15, -0.1) is 0 Å². The molecule has 0 radical (unpaired) electrons. The Labute approximate surface area is 140 Å². The quantitative estimate of drug-likeness (QED) is 0.808. The van der Waals surface area contributed by atoms with Crippen LogP contribution in [0, 0.1) is 0 Å². The normalized spacial score (nSPS) is 10.3. The van der Waals surface area contributed by atoms with E-state index in [9.17, 15) is 5.11 Å². The Morgan fingerprint density at radius 3 is 2.26 bits per heavy atom. The van der Waals surface area contributed by atoms with Crippen molar-refractivity contribution in [3.63, 3.8) is 0 Å².